The van der Waals surface area contributed by atoms with Gasteiger partial charge in [-0.3, -0.25) is 14.9 Å². The van der Waals surface area contributed by atoms with Gasteiger partial charge in [0.25, 0.3) is 0 Å². The highest BCUT2D eigenvalue weighted by molar-refractivity contribution is 7.99. The number of rotatable bonds is 6. The second kappa shape index (κ2) is 7.43. The van der Waals surface area contributed by atoms with E-state index in [0.29, 0.717) is 17.1 Å². The van der Waals surface area contributed by atoms with E-state index in [9.17, 15) is 14.9 Å². The lowest BCUT2D eigenvalue weighted by atomic mass is 10.2. The van der Waals surface area contributed by atoms with Crippen LogP contribution in [-0.4, -0.2) is 16.5 Å². The lowest BCUT2D eigenvalue weighted by molar-refractivity contribution is -0.389. The number of aryl methyl sites for hydroxylation is 2. The first-order chi connectivity index (χ1) is 10.9. The Balaban J connectivity index is 2.54. The van der Waals surface area contributed by atoms with Crippen LogP contribution in [0.3, 0.4) is 0 Å². The van der Waals surface area contributed by atoms with Gasteiger partial charge in [-0.15, -0.1) is 0 Å². The summed E-state index contributed by atoms with van der Waals surface area (Å²) in [5, 5.41) is 11.3. The van der Waals surface area contributed by atoms with Gasteiger partial charge in [-0.05, 0) is 44.0 Å². The minimum absolute atomic E-state index is 0.210. The highest BCUT2D eigenvalue weighted by Gasteiger charge is 2.24. The first kappa shape index (κ1) is 17.2. The summed E-state index contributed by atoms with van der Waals surface area (Å²) >= 11 is 1.22. The molecule has 0 aliphatic carbocycles. The molecule has 0 saturated carbocycles. The van der Waals surface area contributed by atoms with Gasteiger partial charge in [0.05, 0.1) is 11.5 Å². The van der Waals surface area contributed by atoms with Crippen molar-refractivity contribution in [2.24, 2.45) is 0 Å². The van der Waals surface area contributed by atoms with Gasteiger partial charge in [0, 0.05) is 23.3 Å². The minimum atomic E-state index is -0.706. The van der Waals surface area contributed by atoms with Crippen molar-refractivity contribution in [3.05, 3.63) is 61.6 Å². The first-order valence-electron chi connectivity index (χ1n) is 7.15. The monoisotopic (exact) mass is 334 g/mol. The van der Waals surface area contributed by atoms with E-state index in [1.165, 1.54) is 18.0 Å². The Kier molecular flexibility index (Phi) is 5.57. The van der Waals surface area contributed by atoms with E-state index in [2.05, 4.69) is 4.98 Å². The fourth-order valence-corrected chi connectivity index (χ4v) is 3.49. The molecule has 0 radical (unpaired) electrons. The fraction of sp³-hybridized carbons (Fsp3) is 0.312. The maximum absolute atomic E-state index is 11.9. The van der Waals surface area contributed by atoms with Crippen molar-refractivity contribution in [2.75, 3.05) is 6.61 Å². The van der Waals surface area contributed by atoms with Gasteiger partial charge in [-0.2, -0.15) is 0 Å². The normalized spacial score (nSPS) is 10.7. The Morgan fingerprint density at radius 3 is 2.48 bits per heavy atom. The van der Waals surface area contributed by atoms with E-state index < -0.39 is 16.2 Å². The van der Waals surface area contributed by atoms with Crippen molar-refractivity contribution in [1.29, 1.82) is 0 Å². The van der Waals surface area contributed by atoms with E-state index in [4.69, 9.17) is 4.74 Å². The summed E-state index contributed by atoms with van der Waals surface area (Å²) in [7, 11) is 0. The molecule has 1 aromatic heterocycles. The average molecular weight is 334 g/mol. The molecule has 122 valence electrons. The molecule has 0 atom stereocenters. The first-order valence-corrected chi connectivity index (χ1v) is 7.97. The average Bonchev–Trinajstić information content (AvgIpc) is 2.45. The third-order valence-electron chi connectivity index (χ3n) is 3.16. The highest BCUT2D eigenvalue weighted by Crippen LogP contribution is 2.36. The number of pyridine rings is 1. The second-order valence-electron chi connectivity index (χ2n) is 5.14. The molecule has 0 amide bonds. The maximum atomic E-state index is 11.9. The van der Waals surface area contributed by atoms with Crippen molar-refractivity contribution in [3.8, 4) is 0 Å². The summed E-state index contributed by atoms with van der Waals surface area (Å²) in [6, 6.07) is 5.90. The molecule has 2 aromatic rings. The number of hydrogen-bond donors (Lipinski definition) is 1. The molecule has 0 aliphatic heterocycles. The Labute approximate surface area is 138 Å². The van der Waals surface area contributed by atoms with Crippen molar-refractivity contribution >= 4 is 17.4 Å². The molecule has 0 bridgehead atoms. The van der Waals surface area contributed by atoms with Crippen molar-refractivity contribution in [2.45, 2.75) is 37.2 Å². The van der Waals surface area contributed by atoms with E-state index >= 15 is 0 Å². The van der Waals surface area contributed by atoms with Gasteiger partial charge in [-0.1, -0.05) is 17.8 Å². The fourth-order valence-electron chi connectivity index (χ4n) is 2.25. The Hall–Kier alpha value is -2.12. The molecule has 0 unspecified atom stereocenters. The Bertz CT molecular complexity index is 766. The predicted octanol–water partition coefficient (Wildman–Crippen LogP) is 3.59. The number of ether oxygens (including phenoxy) is 1. The summed E-state index contributed by atoms with van der Waals surface area (Å²) < 4.78 is 5.36. The molecule has 0 aliphatic rings. The zero-order valence-electron chi connectivity index (χ0n) is 13.2. The van der Waals surface area contributed by atoms with Gasteiger partial charge in [0.15, 0.2) is 0 Å². The molecule has 1 aromatic carbocycles. The van der Waals surface area contributed by atoms with Gasteiger partial charge < -0.3 is 9.72 Å². The Morgan fingerprint density at radius 1 is 1.26 bits per heavy atom. The highest BCUT2D eigenvalue weighted by atomic mass is 32.2. The SMILES string of the molecule is CCOCc1c[nH]c(=O)c([N+](=O)[O-])c1Sc1cc(C)cc(C)c1. The van der Waals surface area contributed by atoms with Gasteiger partial charge in [-0.25, -0.2) is 0 Å². The van der Waals surface area contributed by atoms with Crippen LogP contribution in [0.1, 0.15) is 23.6 Å². The molecular formula is C16H18N2O4S. The molecule has 23 heavy (non-hydrogen) atoms. The number of aromatic amines is 1. The molecule has 2 rings (SSSR count). The minimum Gasteiger partial charge on any atom is -0.377 e. The van der Waals surface area contributed by atoms with E-state index in [-0.39, 0.29) is 6.61 Å². The van der Waals surface area contributed by atoms with Crippen LogP contribution in [-0.2, 0) is 11.3 Å². The van der Waals surface area contributed by atoms with Crippen LogP contribution >= 0.6 is 11.8 Å². The smallest absolute Gasteiger partial charge is 0.348 e. The van der Waals surface area contributed by atoms with Crippen molar-refractivity contribution < 1.29 is 9.66 Å². The molecular weight excluding hydrogens is 316 g/mol. The van der Waals surface area contributed by atoms with Crippen LogP contribution in [0.5, 0.6) is 0 Å². The van der Waals surface area contributed by atoms with E-state index in [1.807, 2.05) is 39.0 Å². The summed E-state index contributed by atoms with van der Waals surface area (Å²) in [4.78, 5) is 26.2. The van der Waals surface area contributed by atoms with Gasteiger partial charge in [0.2, 0.25) is 0 Å². The van der Waals surface area contributed by atoms with E-state index in [1.54, 1.807) is 0 Å². The van der Waals surface area contributed by atoms with Crippen molar-refractivity contribution in [3.63, 3.8) is 0 Å². The van der Waals surface area contributed by atoms with Crippen LogP contribution in [0.4, 0.5) is 5.69 Å². The molecule has 0 saturated heterocycles. The summed E-state index contributed by atoms with van der Waals surface area (Å²) in [6.45, 7) is 6.47. The number of hydrogen-bond acceptors (Lipinski definition) is 5. The number of benzene rings is 1. The molecule has 7 heteroatoms. The third kappa shape index (κ3) is 4.20. The number of nitrogens with one attached hydrogen (secondary N) is 1. The molecule has 0 spiro atoms. The van der Waals surface area contributed by atoms with Crippen LogP contribution < -0.4 is 5.56 Å². The van der Waals surface area contributed by atoms with Crippen LogP contribution in [0.25, 0.3) is 0 Å². The Morgan fingerprint density at radius 2 is 1.91 bits per heavy atom. The summed E-state index contributed by atoms with van der Waals surface area (Å²) in [5.41, 5.74) is 1.58. The van der Waals surface area contributed by atoms with Crippen molar-refractivity contribution in [1.82, 2.24) is 4.98 Å². The number of H-pyrrole nitrogens is 1. The quantitative estimate of drug-likeness (QED) is 0.644. The topological polar surface area (TPSA) is 85.2 Å². The van der Waals surface area contributed by atoms with Gasteiger partial charge in [0.1, 0.15) is 4.90 Å². The standard InChI is InChI=1S/C16H18N2O4S/c1-4-22-9-12-8-17-16(19)14(18(20)21)15(12)23-13-6-10(2)5-11(3)7-13/h5-8H,4,9H2,1-3H3,(H,17,19). The predicted molar refractivity (Wildman–Crippen MR) is 89.1 cm³/mol. The number of nitro groups is 1. The van der Waals surface area contributed by atoms with Crippen LogP contribution in [0, 0.1) is 24.0 Å². The molecule has 6 nitrogen and oxygen atoms in total. The zero-order chi connectivity index (χ0) is 17.0. The van der Waals surface area contributed by atoms with Crippen LogP contribution in [0.2, 0.25) is 0 Å². The summed E-state index contributed by atoms with van der Waals surface area (Å²) in [5.74, 6) is 0. The van der Waals surface area contributed by atoms with Gasteiger partial charge >= 0.3 is 11.2 Å². The molecule has 1 heterocycles. The lowest BCUT2D eigenvalue weighted by Gasteiger charge is -2.10. The second-order valence-corrected chi connectivity index (χ2v) is 6.22. The van der Waals surface area contributed by atoms with Crippen LogP contribution in [0.15, 0.2) is 39.0 Å². The largest absolute Gasteiger partial charge is 0.377 e. The number of aromatic nitrogens is 1. The summed E-state index contributed by atoms with van der Waals surface area (Å²) in [6.07, 6.45) is 1.48. The maximum Gasteiger partial charge on any atom is 0.348 e. The number of nitrogens with zero attached hydrogens (tertiary/aromatic N) is 1. The molecule has 1 N–H and O–H groups in total. The zero-order valence-corrected chi connectivity index (χ0v) is 14.0. The van der Waals surface area contributed by atoms with E-state index in [0.717, 1.165) is 16.0 Å². The third-order valence-corrected chi connectivity index (χ3v) is 4.29. The lowest BCUT2D eigenvalue weighted by Crippen LogP contribution is -2.14. The molecule has 0 fully saturated rings.